The zero-order chi connectivity index (χ0) is 20.1. The van der Waals surface area contributed by atoms with Gasteiger partial charge in [-0.15, -0.1) is 0 Å². The topological polar surface area (TPSA) is 95.6 Å². The summed E-state index contributed by atoms with van der Waals surface area (Å²) >= 11 is 12.7. The van der Waals surface area contributed by atoms with Crippen molar-refractivity contribution in [3.8, 4) is 0 Å². The molecule has 1 unspecified atom stereocenters. The number of thioether (sulfide) groups is 1. The first-order valence-electron chi connectivity index (χ1n) is 7.94. The van der Waals surface area contributed by atoms with Crippen molar-refractivity contribution in [3.63, 3.8) is 0 Å². The number of halogens is 2. The minimum absolute atomic E-state index is 0.0227. The molecule has 1 fully saturated rings. The van der Waals surface area contributed by atoms with Crippen LogP contribution in [0.5, 0.6) is 0 Å². The van der Waals surface area contributed by atoms with Crippen molar-refractivity contribution in [1.29, 1.82) is 0 Å². The number of benzene rings is 1. The van der Waals surface area contributed by atoms with Crippen LogP contribution in [0.1, 0.15) is 19.4 Å². The van der Waals surface area contributed by atoms with Gasteiger partial charge in [-0.3, -0.25) is 24.1 Å². The summed E-state index contributed by atoms with van der Waals surface area (Å²) in [5.41, 5.74) is 0.573. The molecule has 10 heteroatoms. The summed E-state index contributed by atoms with van der Waals surface area (Å²) in [5.74, 6) is -1.18. The van der Waals surface area contributed by atoms with E-state index in [1.54, 1.807) is 18.2 Å². The summed E-state index contributed by atoms with van der Waals surface area (Å²) in [6.07, 6.45) is 1.53. The smallest absolute Gasteiger partial charge is 0.293 e. The Balaban J connectivity index is 1.97. The number of carbonyl (C=O) groups is 4. The summed E-state index contributed by atoms with van der Waals surface area (Å²) in [5, 5.41) is 5.43. The Morgan fingerprint density at radius 2 is 2.00 bits per heavy atom. The third-order valence-electron chi connectivity index (χ3n) is 3.57. The molecule has 0 aromatic heterocycles. The van der Waals surface area contributed by atoms with Gasteiger partial charge < -0.3 is 10.6 Å². The SMILES string of the molecule is CC(=O)NC(C)C(=O)NCCN1C(=O)SC(=Cc2ccc(Cl)cc2Cl)C1=O. The Morgan fingerprint density at radius 3 is 2.63 bits per heavy atom. The first-order valence-corrected chi connectivity index (χ1v) is 9.51. The number of rotatable bonds is 6. The molecule has 27 heavy (non-hydrogen) atoms. The van der Waals surface area contributed by atoms with Crippen molar-refractivity contribution in [2.75, 3.05) is 13.1 Å². The van der Waals surface area contributed by atoms with Crippen molar-refractivity contribution in [3.05, 3.63) is 38.7 Å². The molecule has 1 aromatic rings. The summed E-state index contributed by atoms with van der Waals surface area (Å²) < 4.78 is 0. The van der Waals surface area contributed by atoms with Gasteiger partial charge in [-0.25, -0.2) is 0 Å². The van der Waals surface area contributed by atoms with Crippen molar-refractivity contribution in [2.45, 2.75) is 19.9 Å². The lowest BCUT2D eigenvalue weighted by atomic mass is 10.2. The molecule has 2 rings (SSSR count). The Morgan fingerprint density at radius 1 is 1.30 bits per heavy atom. The second kappa shape index (κ2) is 9.25. The molecular formula is C17H17Cl2N3O4S. The fraction of sp³-hybridized carbons (Fsp3) is 0.294. The van der Waals surface area contributed by atoms with E-state index in [4.69, 9.17) is 23.2 Å². The highest BCUT2D eigenvalue weighted by molar-refractivity contribution is 8.18. The molecule has 2 N–H and O–H groups in total. The average molecular weight is 430 g/mol. The molecule has 4 amide bonds. The van der Waals surface area contributed by atoms with Crippen molar-refractivity contribution in [2.24, 2.45) is 0 Å². The normalized spacial score (nSPS) is 16.6. The van der Waals surface area contributed by atoms with E-state index in [9.17, 15) is 19.2 Å². The predicted molar refractivity (Wildman–Crippen MR) is 105 cm³/mol. The van der Waals surface area contributed by atoms with Crippen molar-refractivity contribution in [1.82, 2.24) is 15.5 Å². The Bertz CT molecular complexity index is 828. The van der Waals surface area contributed by atoms with E-state index in [0.717, 1.165) is 16.7 Å². The summed E-state index contributed by atoms with van der Waals surface area (Å²) in [7, 11) is 0. The van der Waals surface area contributed by atoms with Gasteiger partial charge in [0, 0.05) is 30.1 Å². The van der Waals surface area contributed by atoms with E-state index in [2.05, 4.69) is 10.6 Å². The number of carbonyl (C=O) groups excluding carboxylic acids is 4. The highest BCUT2D eigenvalue weighted by atomic mass is 35.5. The Hall–Kier alpha value is -2.03. The van der Waals surface area contributed by atoms with Gasteiger partial charge in [0.1, 0.15) is 6.04 Å². The van der Waals surface area contributed by atoms with E-state index >= 15 is 0 Å². The monoisotopic (exact) mass is 429 g/mol. The van der Waals surface area contributed by atoms with Crippen LogP contribution in [0.15, 0.2) is 23.1 Å². The Kier molecular flexibility index (Phi) is 7.29. The van der Waals surface area contributed by atoms with Gasteiger partial charge in [-0.1, -0.05) is 29.3 Å². The van der Waals surface area contributed by atoms with E-state index in [1.165, 1.54) is 19.9 Å². The van der Waals surface area contributed by atoms with Gasteiger partial charge in [0.05, 0.1) is 4.91 Å². The maximum absolute atomic E-state index is 12.4. The summed E-state index contributed by atoms with van der Waals surface area (Å²) in [6.45, 7) is 2.95. The van der Waals surface area contributed by atoms with Crippen LogP contribution in [0.3, 0.4) is 0 Å². The number of hydrogen-bond acceptors (Lipinski definition) is 5. The molecule has 1 aliphatic heterocycles. The average Bonchev–Trinajstić information content (AvgIpc) is 2.84. The van der Waals surface area contributed by atoms with Crippen LogP contribution in [-0.4, -0.2) is 47.0 Å². The summed E-state index contributed by atoms with van der Waals surface area (Å²) in [4.78, 5) is 48.6. The molecule has 1 heterocycles. The number of imide groups is 1. The number of nitrogens with one attached hydrogen (secondary N) is 2. The molecule has 144 valence electrons. The van der Waals surface area contributed by atoms with Crippen LogP contribution in [0, 0.1) is 0 Å². The number of hydrogen-bond donors (Lipinski definition) is 2. The molecule has 1 aromatic carbocycles. The zero-order valence-corrected chi connectivity index (χ0v) is 16.9. The first kappa shape index (κ1) is 21.3. The van der Waals surface area contributed by atoms with Gasteiger partial charge in [0.25, 0.3) is 11.1 Å². The molecule has 0 aliphatic carbocycles. The van der Waals surface area contributed by atoms with Crippen LogP contribution in [-0.2, 0) is 14.4 Å². The fourth-order valence-electron chi connectivity index (χ4n) is 2.27. The molecule has 0 bridgehead atoms. The maximum atomic E-state index is 12.4. The lowest BCUT2D eigenvalue weighted by Crippen LogP contribution is -2.46. The predicted octanol–water partition coefficient (Wildman–Crippen LogP) is 2.67. The minimum atomic E-state index is -0.704. The van der Waals surface area contributed by atoms with E-state index in [0.29, 0.717) is 15.6 Å². The largest absolute Gasteiger partial charge is 0.353 e. The van der Waals surface area contributed by atoms with E-state index in [-0.39, 0.29) is 23.9 Å². The molecule has 1 aliphatic rings. The van der Waals surface area contributed by atoms with Crippen LogP contribution < -0.4 is 10.6 Å². The molecule has 1 atom stereocenters. The van der Waals surface area contributed by atoms with Gasteiger partial charge in [0.2, 0.25) is 11.8 Å². The Labute approximate surface area is 170 Å². The van der Waals surface area contributed by atoms with Gasteiger partial charge in [-0.2, -0.15) is 0 Å². The summed E-state index contributed by atoms with van der Waals surface area (Å²) in [6, 6.07) is 4.13. The molecule has 1 saturated heterocycles. The lowest BCUT2D eigenvalue weighted by molar-refractivity contribution is -0.127. The van der Waals surface area contributed by atoms with Gasteiger partial charge in [-0.05, 0) is 42.5 Å². The third-order valence-corrected chi connectivity index (χ3v) is 5.04. The highest BCUT2D eigenvalue weighted by Crippen LogP contribution is 2.33. The lowest BCUT2D eigenvalue weighted by Gasteiger charge is -2.15. The van der Waals surface area contributed by atoms with Crippen LogP contribution in [0.25, 0.3) is 6.08 Å². The number of amides is 4. The zero-order valence-electron chi connectivity index (χ0n) is 14.5. The fourth-order valence-corrected chi connectivity index (χ4v) is 3.59. The van der Waals surface area contributed by atoms with Crippen LogP contribution in [0.2, 0.25) is 10.0 Å². The highest BCUT2D eigenvalue weighted by Gasteiger charge is 2.34. The van der Waals surface area contributed by atoms with Gasteiger partial charge >= 0.3 is 0 Å². The molecule has 0 radical (unpaired) electrons. The molecular weight excluding hydrogens is 413 g/mol. The van der Waals surface area contributed by atoms with E-state index in [1.807, 2.05) is 0 Å². The van der Waals surface area contributed by atoms with Crippen LogP contribution >= 0.6 is 35.0 Å². The molecule has 0 spiro atoms. The quantitative estimate of drug-likeness (QED) is 0.677. The van der Waals surface area contributed by atoms with Gasteiger partial charge in [0.15, 0.2) is 0 Å². The second-order valence-corrected chi connectivity index (χ2v) is 7.55. The van der Waals surface area contributed by atoms with Crippen molar-refractivity contribution >= 4 is 64.0 Å². The van der Waals surface area contributed by atoms with Crippen LogP contribution in [0.4, 0.5) is 4.79 Å². The molecule has 7 nitrogen and oxygen atoms in total. The maximum Gasteiger partial charge on any atom is 0.293 e. The third kappa shape index (κ3) is 5.72. The van der Waals surface area contributed by atoms with Crippen molar-refractivity contribution < 1.29 is 19.2 Å². The van der Waals surface area contributed by atoms with E-state index < -0.39 is 23.1 Å². The first-order chi connectivity index (χ1) is 12.7. The minimum Gasteiger partial charge on any atom is -0.353 e. The molecule has 0 saturated carbocycles. The second-order valence-electron chi connectivity index (χ2n) is 5.71. The number of nitrogens with zero attached hydrogens (tertiary/aromatic N) is 1. The standard InChI is InChI=1S/C17H17Cl2N3O4S/c1-9(21-10(2)23)15(24)20-5-6-22-16(25)14(27-17(22)26)7-11-3-4-12(18)8-13(11)19/h3-4,7-9H,5-6H2,1-2H3,(H,20,24)(H,21,23).